The number of carbonyl (C=O) groups excluding carboxylic acids is 1. The molecule has 4 nitrogen and oxygen atoms in total. The average molecular weight is 476 g/mol. The van der Waals surface area contributed by atoms with E-state index in [0.717, 1.165) is 11.1 Å². The summed E-state index contributed by atoms with van der Waals surface area (Å²) in [4.78, 5) is 11.8. The van der Waals surface area contributed by atoms with Gasteiger partial charge in [-0.3, -0.25) is 0 Å². The number of rotatable bonds is 9. The predicted octanol–water partition coefficient (Wildman–Crippen LogP) is 6.83. The van der Waals surface area contributed by atoms with E-state index < -0.39 is 30.0 Å². The highest BCUT2D eigenvalue weighted by Gasteiger charge is 2.30. The van der Waals surface area contributed by atoms with Crippen molar-refractivity contribution in [1.82, 2.24) is 0 Å². The zero-order valence-corrected chi connectivity index (χ0v) is 18.7. The number of halogens is 4. The van der Waals surface area contributed by atoms with E-state index in [1.165, 1.54) is 18.2 Å². The Morgan fingerprint density at radius 1 is 0.882 bits per heavy atom. The second-order valence-electron chi connectivity index (χ2n) is 8.33. The maximum atomic E-state index is 14.1. The smallest absolute Gasteiger partial charge is 0.422 e. The Labute approximate surface area is 195 Å². The molecule has 0 aliphatic heterocycles. The molecule has 0 atom stereocenters. The van der Waals surface area contributed by atoms with Crippen LogP contribution in [0.2, 0.25) is 0 Å². The average Bonchev–Trinajstić information content (AvgIpc) is 2.80. The SMILES string of the molecule is CC(C)(COCc1ccc(F)c(Oc2ccccc2)c1)c1ccc(C(=O)OCC(F)(F)F)cc1. The first-order valence-electron chi connectivity index (χ1n) is 10.5. The van der Waals surface area contributed by atoms with Gasteiger partial charge in [0.15, 0.2) is 18.2 Å². The number of ether oxygens (including phenoxy) is 3. The van der Waals surface area contributed by atoms with Crippen LogP contribution in [0.5, 0.6) is 11.5 Å². The van der Waals surface area contributed by atoms with E-state index >= 15 is 0 Å². The van der Waals surface area contributed by atoms with E-state index in [4.69, 9.17) is 9.47 Å². The molecule has 0 aromatic heterocycles. The third-order valence-corrected chi connectivity index (χ3v) is 4.97. The topological polar surface area (TPSA) is 44.8 Å². The molecular weight excluding hydrogens is 452 g/mol. The van der Waals surface area contributed by atoms with Crippen molar-refractivity contribution >= 4 is 5.97 Å². The maximum absolute atomic E-state index is 14.1. The highest BCUT2D eigenvalue weighted by atomic mass is 19.4. The lowest BCUT2D eigenvalue weighted by molar-refractivity contribution is -0.161. The van der Waals surface area contributed by atoms with Gasteiger partial charge in [0.1, 0.15) is 5.75 Å². The molecule has 0 N–H and O–H groups in total. The van der Waals surface area contributed by atoms with E-state index in [9.17, 15) is 22.4 Å². The van der Waals surface area contributed by atoms with Gasteiger partial charge in [0.2, 0.25) is 0 Å². The summed E-state index contributed by atoms with van der Waals surface area (Å²) in [7, 11) is 0. The minimum Gasteiger partial charge on any atom is -0.454 e. The normalized spacial score (nSPS) is 11.8. The van der Waals surface area contributed by atoms with Crippen molar-refractivity contribution in [3.8, 4) is 11.5 Å². The Morgan fingerprint density at radius 3 is 2.21 bits per heavy atom. The summed E-state index contributed by atoms with van der Waals surface area (Å²) in [6.07, 6.45) is -4.58. The van der Waals surface area contributed by atoms with Crippen molar-refractivity contribution in [2.45, 2.75) is 32.0 Å². The predicted molar refractivity (Wildman–Crippen MR) is 118 cm³/mol. The molecule has 0 aliphatic rings. The lowest BCUT2D eigenvalue weighted by Crippen LogP contribution is -2.24. The molecule has 3 aromatic rings. The minimum absolute atomic E-state index is 0.0296. The molecule has 0 aliphatic carbocycles. The molecule has 0 saturated carbocycles. The fourth-order valence-corrected chi connectivity index (χ4v) is 3.13. The zero-order chi connectivity index (χ0) is 24.8. The van der Waals surface area contributed by atoms with Crippen molar-refractivity contribution in [2.24, 2.45) is 0 Å². The first-order chi connectivity index (χ1) is 16.0. The van der Waals surface area contributed by atoms with Crippen LogP contribution in [0.3, 0.4) is 0 Å². The second kappa shape index (κ2) is 10.7. The zero-order valence-electron chi connectivity index (χ0n) is 18.7. The molecule has 3 rings (SSSR count). The van der Waals surface area contributed by atoms with Crippen molar-refractivity contribution in [1.29, 1.82) is 0 Å². The first-order valence-corrected chi connectivity index (χ1v) is 10.5. The number of carbonyl (C=O) groups is 1. The summed E-state index contributed by atoms with van der Waals surface area (Å²) in [5.74, 6) is -0.907. The standard InChI is InChI=1S/C26H24F4O4/c1-25(2,20-11-9-19(10-12-20)24(31)33-17-26(28,29)30)16-32-15-18-8-13-22(27)23(14-18)34-21-6-4-3-5-7-21/h3-14H,15-17H2,1-2H3. The number of para-hydroxylation sites is 1. The van der Waals surface area contributed by atoms with Crippen molar-refractivity contribution in [3.63, 3.8) is 0 Å². The Bertz CT molecular complexity index is 1090. The fourth-order valence-electron chi connectivity index (χ4n) is 3.13. The van der Waals surface area contributed by atoms with Crippen molar-refractivity contribution in [2.75, 3.05) is 13.2 Å². The fraction of sp³-hybridized carbons (Fsp3) is 0.269. The lowest BCUT2D eigenvalue weighted by Gasteiger charge is -2.25. The van der Waals surface area contributed by atoms with Gasteiger partial charge in [-0.1, -0.05) is 50.2 Å². The van der Waals surface area contributed by atoms with Gasteiger partial charge in [-0.05, 0) is 47.5 Å². The van der Waals surface area contributed by atoms with Gasteiger partial charge in [-0.2, -0.15) is 13.2 Å². The van der Waals surface area contributed by atoms with Gasteiger partial charge in [0.25, 0.3) is 0 Å². The van der Waals surface area contributed by atoms with Crippen molar-refractivity contribution < 1.29 is 36.6 Å². The van der Waals surface area contributed by atoms with Crippen LogP contribution in [0.1, 0.15) is 35.3 Å². The Balaban J connectivity index is 1.57. The summed E-state index contributed by atoms with van der Waals surface area (Å²) in [6.45, 7) is 2.75. The van der Waals surface area contributed by atoms with Gasteiger partial charge < -0.3 is 14.2 Å². The molecule has 0 radical (unpaired) electrons. The number of hydrogen-bond acceptors (Lipinski definition) is 4. The van der Waals surface area contributed by atoms with Gasteiger partial charge in [-0.15, -0.1) is 0 Å². The number of hydrogen-bond donors (Lipinski definition) is 0. The van der Waals surface area contributed by atoms with Gasteiger partial charge in [0.05, 0.1) is 18.8 Å². The quantitative estimate of drug-likeness (QED) is 0.251. The molecular formula is C26H24F4O4. The highest BCUT2D eigenvalue weighted by molar-refractivity contribution is 5.89. The van der Waals surface area contributed by atoms with Gasteiger partial charge in [-0.25, -0.2) is 9.18 Å². The van der Waals surface area contributed by atoms with Crippen LogP contribution in [0.15, 0.2) is 72.8 Å². The number of alkyl halides is 3. The molecule has 0 fully saturated rings. The first kappa shape index (κ1) is 25.2. The summed E-state index contributed by atoms with van der Waals surface area (Å²) >= 11 is 0. The molecule has 0 heterocycles. The van der Waals surface area contributed by atoms with Crippen LogP contribution < -0.4 is 4.74 Å². The van der Waals surface area contributed by atoms with Crippen molar-refractivity contribution in [3.05, 3.63) is 95.3 Å². The molecule has 0 saturated heterocycles. The van der Waals surface area contributed by atoms with E-state index in [2.05, 4.69) is 4.74 Å². The Morgan fingerprint density at radius 2 is 1.56 bits per heavy atom. The van der Waals surface area contributed by atoms with Crippen LogP contribution in [-0.2, 0) is 21.5 Å². The van der Waals surface area contributed by atoms with E-state index in [-0.39, 0.29) is 17.9 Å². The summed E-state index contributed by atoms with van der Waals surface area (Å²) in [6, 6.07) is 19.5. The third-order valence-electron chi connectivity index (χ3n) is 4.97. The monoisotopic (exact) mass is 476 g/mol. The molecule has 8 heteroatoms. The summed E-state index contributed by atoms with van der Waals surface area (Å²) < 4.78 is 66.5. The van der Waals surface area contributed by atoms with Crippen LogP contribution in [0.25, 0.3) is 0 Å². The molecule has 0 bridgehead atoms. The van der Waals surface area contributed by atoms with Crippen LogP contribution in [-0.4, -0.2) is 25.4 Å². The third kappa shape index (κ3) is 7.31. The molecule has 180 valence electrons. The maximum Gasteiger partial charge on any atom is 0.422 e. The van der Waals surface area contributed by atoms with E-state index in [1.807, 2.05) is 19.9 Å². The minimum atomic E-state index is -4.58. The summed E-state index contributed by atoms with van der Waals surface area (Å²) in [5.41, 5.74) is 1.12. The van der Waals surface area contributed by atoms with Gasteiger partial charge in [0, 0.05) is 5.41 Å². The number of benzene rings is 3. The highest BCUT2D eigenvalue weighted by Crippen LogP contribution is 2.27. The number of esters is 1. The van der Waals surface area contributed by atoms with Crippen LogP contribution in [0.4, 0.5) is 17.6 Å². The van der Waals surface area contributed by atoms with Crippen LogP contribution >= 0.6 is 0 Å². The Hall–Kier alpha value is -3.39. The molecule has 3 aromatic carbocycles. The largest absolute Gasteiger partial charge is 0.454 e. The second-order valence-corrected chi connectivity index (χ2v) is 8.33. The van der Waals surface area contributed by atoms with E-state index in [0.29, 0.717) is 12.4 Å². The van der Waals surface area contributed by atoms with Crippen LogP contribution in [0, 0.1) is 5.82 Å². The lowest BCUT2D eigenvalue weighted by atomic mass is 9.85. The van der Waals surface area contributed by atoms with Gasteiger partial charge >= 0.3 is 12.1 Å². The van der Waals surface area contributed by atoms with E-state index in [1.54, 1.807) is 48.5 Å². The molecule has 34 heavy (non-hydrogen) atoms. The molecule has 0 amide bonds. The Kier molecular flexibility index (Phi) is 7.94. The summed E-state index contributed by atoms with van der Waals surface area (Å²) in [5, 5.41) is 0. The molecule has 0 spiro atoms. The molecule has 0 unspecified atom stereocenters.